The van der Waals surface area contributed by atoms with Gasteiger partial charge in [-0.2, -0.15) is 0 Å². The van der Waals surface area contributed by atoms with E-state index in [1.54, 1.807) is 0 Å². The summed E-state index contributed by atoms with van der Waals surface area (Å²) in [6.45, 7) is 5.16. The van der Waals surface area contributed by atoms with Crippen LogP contribution in [0.5, 0.6) is 0 Å². The average molecular weight is 286 g/mol. The zero-order valence-corrected chi connectivity index (χ0v) is 13.1. The fourth-order valence-electron chi connectivity index (χ4n) is 1.79. The minimum Gasteiger partial charge on any atom is -0.466 e. The van der Waals surface area contributed by atoms with Gasteiger partial charge in [-0.05, 0) is 25.7 Å². The van der Waals surface area contributed by atoms with Crippen LogP contribution in [-0.2, 0) is 19.1 Å². The van der Waals surface area contributed by atoms with Gasteiger partial charge in [-0.25, -0.2) is 0 Å². The minimum absolute atomic E-state index is 0.151. The first-order valence-corrected chi connectivity index (χ1v) is 8.02. The molecule has 0 aliphatic rings. The smallest absolute Gasteiger partial charge is 0.305 e. The highest BCUT2D eigenvalue weighted by Crippen LogP contribution is 2.05. The van der Waals surface area contributed by atoms with Crippen LogP contribution in [0.2, 0.25) is 0 Å². The maximum Gasteiger partial charge on any atom is 0.305 e. The van der Waals surface area contributed by atoms with Gasteiger partial charge in [-0.1, -0.05) is 39.5 Å². The van der Waals surface area contributed by atoms with E-state index < -0.39 is 0 Å². The van der Waals surface area contributed by atoms with Crippen molar-refractivity contribution in [3.05, 3.63) is 0 Å². The van der Waals surface area contributed by atoms with Crippen LogP contribution in [0.1, 0.15) is 78.1 Å². The van der Waals surface area contributed by atoms with Gasteiger partial charge in [0, 0.05) is 12.8 Å². The Hall–Kier alpha value is -1.06. The molecule has 0 bridgehead atoms. The molecule has 0 aromatic heterocycles. The maximum absolute atomic E-state index is 11.4. The molecule has 0 radical (unpaired) electrons. The number of carbonyl (C=O) groups is 2. The average Bonchev–Trinajstić information content (AvgIpc) is 2.45. The highest BCUT2D eigenvalue weighted by atomic mass is 16.5. The van der Waals surface area contributed by atoms with E-state index in [2.05, 4.69) is 6.92 Å². The van der Waals surface area contributed by atoms with Crippen LogP contribution in [0.25, 0.3) is 0 Å². The predicted octanol–water partition coefficient (Wildman–Crippen LogP) is 4.01. The number of unbranched alkanes of at least 4 members (excludes halogenated alkanes) is 5. The highest BCUT2D eigenvalue weighted by Gasteiger charge is 2.05. The van der Waals surface area contributed by atoms with Crippen molar-refractivity contribution in [3.63, 3.8) is 0 Å². The SMILES string of the molecule is CCCCCCCOC(=O)CCCCC(=O)OCCC. The molecule has 4 heteroatoms. The Morgan fingerprint density at radius 1 is 0.650 bits per heavy atom. The summed E-state index contributed by atoms with van der Waals surface area (Å²) >= 11 is 0. The molecule has 20 heavy (non-hydrogen) atoms. The molecule has 4 nitrogen and oxygen atoms in total. The molecular weight excluding hydrogens is 256 g/mol. The highest BCUT2D eigenvalue weighted by molar-refractivity contribution is 5.70. The first kappa shape index (κ1) is 18.9. The van der Waals surface area contributed by atoms with Gasteiger partial charge in [0.15, 0.2) is 0 Å². The van der Waals surface area contributed by atoms with E-state index in [1.165, 1.54) is 19.3 Å². The maximum atomic E-state index is 11.4. The molecule has 0 heterocycles. The lowest BCUT2D eigenvalue weighted by Crippen LogP contribution is -2.07. The van der Waals surface area contributed by atoms with Crippen LogP contribution in [0.3, 0.4) is 0 Å². The lowest BCUT2D eigenvalue weighted by Gasteiger charge is -2.05. The Labute approximate surface area is 123 Å². The Morgan fingerprint density at radius 2 is 1.20 bits per heavy atom. The molecule has 0 aromatic rings. The van der Waals surface area contributed by atoms with E-state index in [9.17, 15) is 9.59 Å². The quantitative estimate of drug-likeness (QED) is 0.379. The molecule has 0 aromatic carbocycles. The number of hydrogen-bond donors (Lipinski definition) is 0. The lowest BCUT2D eigenvalue weighted by atomic mass is 10.2. The van der Waals surface area contributed by atoms with Crippen molar-refractivity contribution in [2.24, 2.45) is 0 Å². The number of ether oxygens (including phenoxy) is 2. The fourth-order valence-corrected chi connectivity index (χ4v) is 1.79. The van der Waals surface area contributed by atoms with E-state index in [1.807, 2.05) is 6.92 Å². The Bertz CT molecular complexity index is 251. The second kappa shape index (κ2) is 14.4. The van der Waals surface area contributed by atoms with Gasteiger partial charge in [0.05, 0.1) is 13.2 Å². The largest absolute Gasteiger partial charge is 0.466 e. The van der Waals surface area contributed by atoms with Gasteiger partial charge in [0.25, 0.3) is 0 Å². The number of hydrogen-bond acceptors (Lipinski definition) is 4. The normalized spacial score (nSPS) is 10.3. The molecule has 118 valence electrons. The summed E-state index contributed by atoms with van der Waals surface area (Å²) in [7, 11) is 0. The van der Waals surface area contributed by atoms with Crippen LogP contribution in [0.15, 0.2) is 0 Å². The fraction of sp³-hybridized carbons (Fsp3) is 0.875. The van der Waals surface area contributed by atoms with Gasteiger partial charge in [0.2, 0.25) is 0 Å². The van der Waals surface area contributed by atoms with Crippen LogP contribution in [0.4, 0.5) is 0 Å². The number of rotatable bonds is 13. The molecule has 0 saturated carbocycles. The summed E-state index contributed by atoms with van der Waals surface area (Å²) in [6, 6.07) is 0. The van der Waals surface area contributed by atoms with E-state index in [0.717, 1.165) is 19.3 Å². The molecule has 0 spiro atoms. The molecule has 0 atom stereocenters. The van der Waals surface area contributed by atoms with Crippen molar-refractivity contribution in [2.45, 2.75) is 78.1 Å². The topological polar surface area (TPSA) is 52.6 Å². The molecule has 0 fully saturated rings. The standard InChI is InChI=1S/C16H30O4/c1-3-5-6-7-10-14-20-16(18)12-9-8-11-15(17)19-13-4-2/h3-14H2,1-2H3. The van der Waals surface area contributed by atoms with Crippen LogP contribution in [0, 0.1) is 0 Å². The van der Waals surface area contributed by atoms with E-state index in [-0.39, 0.29) is 11.9 Å². The van der Waals surface area contributed by atoms with E-state index in [0.29, 0.717) is 38.9 Å². The second-order valence-electron chi connectivity index (χ2n) is 5.06. The summed E-state index contributed by atoms with van der Waals surface area (Å²) in [5, 5.41) is 0. The second-order valence-corrected chi connectivity index (χ2v) is 5.06. The Balaban J connectivity index is 3.30. The van der Waals surface area contributed by atoms with Crippen molar-refractivity contribution in [3.8, 4) is 0 Å². The third kappa shape index (κ3) is 13.4. The molecular formula is C16H30O4. The van der Waals surface area contributed by atoms with Crippen molar-refractivity contribution in [1.29, 1.82) is 0 Å². The molecule has 0 amide bonds. The van der Waals surface area contributed by atoms with E-state index >= 15 is 0 Å². The monoisotopic (exact) mass is 286 g/mol. The van der Waals surface area contributed by atoms with Gasteiger partial charge < -0.3 is 9.47 Å². The van der Waals surface area contributed by atoms with Crippen molar-refractivity contribution >= 4 is 11.9 Å². The van der Waals surface area contributed by atoms with Gasteiger partial charge in [-0.3, -0.25) is 9.59 Å². The molecule has 0 rings (SSSR count). The summed E-state index contributed by atoms with van der Waals surface area (Å²) in [5.41, 5.74) is 0. The lowest BCUT2D eigenvalue weighted by molar-refractivity contribution is -0.146. The zero-order chi connectivity index (χ0) is 15.1. The van der Waals surface area contributed by atoms with Gasteiger partial charge >= 0.3 is 11.9 Å². The zero-order valence-electron chi connectivity index (χ0n) is 13.1. The van der Waals surface area contributed by atoms with Gasteiger partial charge in [-0.15, -0.1) is 0 Å². The minimum atomic E-state index is -0.170. The van der Waals surface area contributed by atoms with Crippen molar-refractivity contribution in [2.75, 3.05) is 13.2 Å². The van der Waals surface area contributed by atoms with E-state index in [4.69, 9.17) is 9.47 Å². The predicted molar refractivity (Wildman–Crippen MR) is 79.4 cm³/mol. The molecule has 0 N–H and O–H groups in total. The third-order valence-electron chi connectivity index (χ3n) is 2.99. The van der Waals surface area contributed by atoms with Crippen molar-refractivity contribution < 1.29 is 19.1 Å². The molecule has 0 aliphatic heterocycles. The van der Waals surface area contributed by atoms with Gasteiger partial charge in [0.1, 0.15) is 0 Å². The first-order chi connectivity index (χ1) is 9.70. The third-order valence-corrected chi connectivity index (χ3v) is 2.99. The Morgan fingerprint density at radius 3 is 1.75 bits per heavy atom. The van der Waals surface area contributed by atoms with Crippen LogP contribution < -0.4 is 0 Å². The summed E-state index contributed by atoms with van der Waals surface area (Å²) in [4.78, 5) is 22.6. The summed E-state index contributed by atoms with van der Waals surface area (Å²) in [5.74, 6) is -0.321. The van der Waals surface area contributed by atoms with Crippen LogP contribution in [-0.4, -0.2) is 25.2 Å². The van der Waals surface area contributed by atoms with Crippen molar-refractivity contribution in [1.82, 2.24) is 0 Å². The molecule has 0 unspecified atom stereocenters. The number of carbonyl (C=O) groups excluding carboxylic acids is 2. The van der Waals surface area contributed by atoms with Crippen LogP contribution >= 0.6 is 0 Å². The molecule has 0 saturated heterocycles. The Kier molecular flexibility index (Phi) is 13.6. The summed E-state index contributed by atoms with van der Waals surface area (Å²) < 4.78 is 10.1. The first-order valence-electron chi connectivity index (χ1n) is 8.02. The summed E-state index contributed by atoms with van der Waals surface area (Å²) in [6.07, 6.45) is 8.79. The molecule has 0 aliphatic carbocycles. The number of esters is 2.